The lowest BCUT2D eigenvalue weighted by Gasteiger charge is -2.05. The van der Waals surface area contributed by atoms with E-state index in [1.807, 2.05) is 5.43 Å². The van der Waals surface area contributed by atoms with Crippen molar-refractivity contribution in [3.05, 3.63) is 46.0 Å². The van der Waals surface area contributed by atoms with Gasteiger partial charge in [0.25, 0.3) is 5.91 Å². The van der Waals surface area contributed by atoms with Gasteiger partial charge in [0.2, 0.25) is 0 Å². The van der Waals surface area contributed by atoms with Gasteiger partial charge < -0.3 is 9.26 Å². The van der Waals surface area contributed by atoms with E-state index in [9.17, 15) is 9.18 Å². The number of amides is 1. The van der Waals surface area contributed by atoms with Crippen LogP contribution in [-0.4, -0.2) is 11.1 Å². The molecule has 2 rings (SSSR count). The summed E-state index contributed by atoms with van der Waals surface area (Å²) < 4.78 is 23.6. The Balaban J connectivity index is 2.02. The summed E-state index contributed by atoms with van der Waals surface area (Å²) in [6.07, 6.45) is 0. The molecule has 0 spiro atoms. The van der Waals surface area contributed by atoms with Crippen LogP contribution in [0.15, 0.2) is 33.3 Å². The molecule has 6 nitrogen and oxygen atoms in total. The minimum atomic E-state index is -0.557. The molecule has 1 aromatic heterocycles. The van der Waals surface area contributed by atoms with Gasteiger partial charge in [0, 0.05) is 6.07 Å². The molecule has 0 aliphatic heterocycles. The number of hydrogen-bond acceptors (Lipinski definition) is 5. The highest BCUT2D eigenvalue weighted by Gasteiger charge is 2.12. The van der Waals surface area contributed by atoms with Gasteiger partial charge in [-0.2, -0.15) is 0 Å². The van der Waals surface area contributed by atoms with Crippen LogP contribution in [0.1, 0.15) is 16.2 Å². The number of aromatic nitrogens is 1. The lowest BCUT2D eigenvalue weighted by Crippen LogP contribution is -2.30. The molecule has 3 N–H and O–H groups in total. The molecule has 1 amide bonds. The van der Waals surface area contributed by atoms with Gasteiger partial charge in [-0.1, -0.05) is 5.16 Å². The van der Waals surface area contributed by atoms with Gasteiger partial charge in [-0.15, -0.1) is 0 Å². The zero-order valence-corrected chi connectivity index (χ0v) is 11.1. The summed E-state index contributed by atoms with van der Waals surface area (Å²) in [5.41, 5.74) is 1.99. The van der Waals surface area contributed by atoms with Crippen LogP contribution in [0.4, 0.5) is 4.39 Å². The molecule has 0 aliphatic rings. The number of nitrogen functional groups attached to an aromatic ring is 1. The van der Waals surface area contributed by atoms with Gasteiger partial charge in [0.15, 0.2) is 11.5 Å². The topological polar surface area (TPSA) is 90.4 Å². The van der Waals surface area contributed by atoms with Crippen LogP contribution in [0.3, 0.4) is 0 Å². The fourth-order valence-corrected chi connectivity index (χ4v) is 1.77. The molecule has 100 valence electrons. The molecule has 1 heterocycles. The summed E-state index contributed by atoms with van der Waals surface area (Å²) in [4.78, 5) is 11.1. The highest BCUT2D eigenvalue weighted by Crippen LogP contribution is 2.26. The highest BCUT2D eigenvalue weighted by atomic mass is 79.9. The average Bonchev–Trinajstić information content (AvgIpc) is 2.85. The molecule has 0 atom stereocenters. The lowest BCUT2D eigenvalue weighted by molar-refractivity contribution is 0.0944. The third-order valence-corrected chi connectivity index (χ3v) is 2.81. The number of nitrogens with one attached hydrogen (secondary N) is 1. The number of nitrogens with zero attached hydrogens (tertiary/aromatic N) is 1. The molecular weight excluding hydrogens is 321 g/mol. The normalized spacial score (nSPS) is 10.3. The van der Waals surface area contributed by atoms with Crippen molar-refractivity contribution < 1.29 is 18.4 Å². The second kappa shape index (κ2) is 5.81. The molecular formula is C11H9BrFN3O3. The molecule has 19 heavy (non-hydrogen) atoms. The first kappa shape index (κ1) is 13.5. The van der Waals surface area contributed by atoms with Gasteiger partial charge in [0.1, 0.15) is 18.2 Å². The zero-order valence-electron chi connectivity index (χ0n) is 9.52. The van der Waals surface area contributed by atoms with Gasteiger partial charge in [-0.25, -0.2) is 10.2 Å². The number of carbonyl (C=O) groups excluding carboxylic acids is 1. The van der Waals surface area contributed by atoms with Crippen LogP contribution < -0.4 is 16.0 Å². The maximum absolute atomic E-state index is 12.9. The number of ether oxygens (including phenoxy) is 1. The predicted molar refractivity (Wildman–Crippen MR) is 66.6 cm³/mol. The summed E-state index contributed by atoms with van der Waals surface area (Å²) in [5, 5.41) is 3.52. The molecule has 0 saturated heterocycles. The van der Waals surface area contributed by atoms with Crippen LogP contribution in [0.2, 0.25) is 0 Å². The SMILES string of the molecule is NNC(=O)c1cc(COc2ccc(F)cc2Br)on1. The number of benzene rings is 1. The zero-order chi connectivity index (χ0) is 13.8. The third-order valence-electron chi connectivity index (χ3n) is 2.19. The van der Waals surface area contributed by atoms with Crippen molar-refractivity contribution in [1.82, 2.24) is 10.6 Å². The van der Waals surface area contributed by atoms with Crippen molar-refractivity contribution >= 4 is 21.8 Å². The monoisotopic (exact) mass is 329 g/mol. The van der Waals surface area contributed by atoms with E-state index in [2.05, 4.69) is 21.1 Å². The van der Waals surface area contributed by atoms with Gasteiger partial charge in [-0.3, -0.25) is 10.2 Å². The maximum Gasteiger partial charge on any atom is 0.287 e. The summed E-state index contributed by atoms with van der Waals surface area (Å²) >= 11 is 3.17. The van der Waals surface area contributed by atoms with E-state index in [-0.39, 0.29) is 18.1 Å². The highest BCUT2D eigenvalue weighted by molar-refractivity contribution is 9.10. The van der Waals surface area contributed by atoms with Crippen LogP contribution >= 0.6 is 15.9 Å². The maximum atomic E-state index is 12.9. The average molecular weight is 330 g/mol. The van der Waals surface area contributed by atoms with E-state index >= 15 is 0 Å². The molecule has 0 radical (unpaired) electrons. The van der Waals surface area contributed by atoms with Crippen molar-refractivity contribution in [2.45, 2.75) is 6.61 Å². The minimum absolute atomic E-state index is 0.0507. The van der Waals surface area contributed by atoms with Gasteiger partial charge in [-0.05, 0) is 34.1 Å². The van der Waals surface area contributed by atoms with E-state index in [4.69, 9.17) is 15.1 Å². The number of halogens is 2. The first-order valence-corrected chi connectivity index (χ1v) is 5.94. The Morgan fingerprint density at radius 1 is 1.53 bits per heavy atom. The van der Waals surface area contributed by atoms with Crippen LogP contribution in [0.25, 0.3) is 0 Å². The van der Waals surface area contributed by atoms with E-state index in [0.29, 0.717) is 16.0 Å². The van der Waals surface area contributed by atoms with Crippen molar-refractivity contribution in [2.24, 2.45) is 5.84 Å². The summed E-state index contributed by atoms with van der Waals surface area (Å²) in [6, 6.07) is 5.43. The molecule has 2 aromatic rings. The first-order valence-electron chi connectivity index (χ1n) is 5.14. The molecule has 0 saturated carbocycles. The Hall–Kier alpha value is -1.93. The van der Waals surface area contributed by atoms with E-state index in [0.717, 1.165) is 0 Å². The third kappa shape index (κ3) is 3.30. The summed E-state index contributed by atoms with van der Waals surface area (Å²) in [6.45, 7) is 0.0507. The molecule has 0 bridgehead atoms. The quantitative estimate of drug-likeness (QED) is 0.506. The Kier molecular flexibility index (Phi) is 4.13. The number of carbonyl (C=O) groups is 1. The standard InChI is InChI=1S/C11H9BrFN3O3/c12-8-3-6(13)1-2-10(8)18-5-7-4-9(16-19-7)11(17)15-14/h1-4H,5,14H2,(H,15,17). The second-order valence-corrected chi connectivity index (χ2v) is 4.37. The molecule has 0 unspecified atom stereocenters. The predicted octanol–water partition coefficient (Wildman–Crippen LogP) is 1.76. The van der Waals surface area contributed by atoms with Crippen molar-refractivity contribution in [1.29, 1.82) is 0 Å². The number of rotatable bonds is 4. The summed E-state index contributed by atoms with van der Waals surface area (Å²) in [5.74, 6) is 4.82. The Labute approximate surface area is 115 Å². The van der Waals surface area contributed by atoms with Gasteiger partial charge in [0.05, 0.1) is 4.47 Å². The minimum Gasteiger partial charge on any atom is -0.484 e. The van der Waals surface area contributed by atoms with Crippen molar-refractivity contribution in [3.8, 4) is 5.75 Å². The molecule has 0 aliphatic carbocycles. The largest absolute Gasteiger partial charge is 0.484 e. The van der Waals surface area contributed by atoms with Crippen LogP contribution in [-0.2, 0) is 6.61 Å². The smallest absolute Gasteiger partial charge is 0.287 e. The Morgan fingerprint density at radius 3 is 3.00 bits per heavy atom. The van der Waals surface area contributed by atoms with Crippen molar-refractivity contribution in [2.75, 3.05) is 0 Å². The van der Waals surface area contributed by atoms with E-state index in [1.54, 1.807) is 0 Å². The number of nitrogens with two attached hydrogens (primary N) is 1. The fourth-order valence-electron chi connectivity index (χ4n) is 1.30. The Morgan fingerprint density at radius 2 is 2.32 bits per heavy atom. The molecule has 8 heteroatoms. The molecule has 0 fully saturated rings. The second-order valence-electron chi connectivity index (χ2n) is 3.52. The van der Waals surface area contributed by atoms with Crippen LogP contribution in [0, 0.1) is 5.82 Å². The first-order chi connectivity index (χ1) is 9.10. The van der Waals surface area contributed by atoms with Crippen LogP contribution in [0.5, 0.6) is 5.75 Å². The van der Waals surface area contributed by atoms with E-state index < -0.39 is 5.91 Å². The molecule has 1 aromatic carbocycles. The Bertz CT molecular complexity index is 603. The van der Waals surface area contributed by atoms with Crippen molar-refractivity contribution in [3.63, 3.8) is 0 Å². The van der Waals surface area contributed by atoms with Gasteiger partial charge >= 0.3 is 0 Å². The lowest BCUT2D eigenvalue weighted by atomic mass is 10.3. The fraction of sp³-hybridized carbons (Fsp3) is 0.0909. The number of hydrogen-bond donors (Lipinski definition) is 2. The van der Waals surface area contributed by atoms with E-state index in [1.165, 1.54) is 24.3 Å². The summed E-state index contributed by atoms with van der Waals surface area (Å²) in [7, 11) is 0. The number of hydrazine groups is 1.